The van der Waals surface area contributed by atoms with Crippen LogP contribution in [0, 0.1) is 6.92 Å². The zero-order chi connectivity index (χ0) is 21.8. The van der Waals surface area contributed by atoms with Crippen molar-refractivity contribution < 1.29 is 9.47 Å². The van der Waals surface area contributed by atoms with Gasteiger partial charge in [0.05, 0.1) is 32.0 Å². The maximum Gasteiger partial charge on any atom is 0.196 e. The van der Waals surface area contributed by atoms with Crippen LogP contribution in [-0.2, 0) is 13.1 Å². The molecule has 1 aliphatic rings. The van der Waals surface area contributed by atoms with Crippen LogP contribution in [0.1, 0.15) is 23.2 Å². The molecule has 0 saturated carbocycles. The van der Waals surface area contributed by atoms with Gasteiger partial charge in [0.1, 0.15) is 0 Å². The van der Waals surface area contributed by atoms with Crippen LogP contribution >= 0.6 is 11.3 Å². The summed E-state index contributed by atoms with van der Waals surface area (Å²) in [6.45, 7) is 4.57. The second kappa shape index (κ2) is 9.32. The van der Waals surface area contributed by atoms with E-state index in [2.05, 4.69) is 34.7 Å². The molecule has 8 heteroatoms. The molecule has 2 aromatic heterocycles. The van der Waals surface area contributed by atoms with Crippen LogP contribution < -0.4 is 20.1 Å². The Bertz CT molecular complexity index is 1220. The van der Waals surface area contributed by atoms with Crippen molar-refractivity contribution in [2.75, 3.05) is 18.5 Å². The predicted molar refractivity (Wildman–Crippen MR) is 128 cm³/mol. The fourth-order valence-corrected chi connectivity index (χ4v) is 4.22. The molecule has 0 spiro atoms. The number of aryl methyl sites for hydroxylation is 1. The molecule has 0 radical (unpaired) electrons. The van der Waals surface area contributed by atoms with E-state index in [9.17, 15) is 0 Å². The van der Waals surface area contributed by atoms with Crippen molar-refractivity contribution in [3.8, 4) is 11.5 Å². The number of aromatic nitrogens is 2. The molecule has 7 nitrogen and oxygen atoms in total. The summed E-state index contributed by atoms with van der Waals surface area (Å²) in [5, 5.41) is 8.85. The van der Waals surface area contributed by atoms with Gasteiger partial charge >= 0.3 is 0 Å². The van der Waals surface area contributed by atoms with E-state index in [1.54, 1.807) is 11.3 Å². The third-order valence-corrected chi connectivity index (χ3v) is 6.03. The van der Waals surface area contributed by atoms with Crippen molar-refractivity contribution in [2.45, 2.75) is 26.4 Å². The molecule has 5 rings (SSSR count). The van der Waals surface area contributed by atoms with Gasteiger partial charge in [0.25, 0.3) is 0 Å². The van der Waals surface area contributed by atoms with E-state index in [4.69, 9.17) is 14.5 Å². The number of imidazole rings is 1. The quantitative estimate of drug-likeness (QED) is 0.345. The molecule has 0 atom stereocenters. The van der Waals surface area contributed by atoms with E-state index in [0.29, 0.717) is 32.3 Å². The SMILES string of the molecule is Cc1ccccc1CN=C(NCc1cn2ccsc2n1)Nc1ccc2c(c1)OCCCO2. The van der Waals surface area contributed by atoms with Gasteiger partial charge in [-0.15, -0.1) is 11.3 Å². The van der Waals surface area contributed by atoms with E-state index in [0.717, 1.165) is 34.3 Å². The Morgan fingerprint density at radius 3 is 2.91 bits per heavy atom. The average Bonchev–Trinajstić information content (AvgIpc) is 3.31. The van der Waals surface area contributed by atoms with Crippen LogP contribution in [0.5, 0.6) is 11.5 Å². The molecular weight excluding hydrogens is 422 g/mol. The van der Waals surface area contributed by atoms with Gasteiger partial charge in [0, 0.05) is 35.9 Å². The van der Waals surface area contributed by atoms with Crippen molar-refractivity contribution in [1.82, 2.24) is 14.7 Å². The van der Waals surface area contributed by atoms with Gasteiger partial charge in [-0.2, -0.15) is 0 Å². The lowest BCUT2D eigenvalue weighted by atomic mass is 10.1. The minimum Gasteiger partial charge on any atom is -0.490 e. The Labute approximate surface area is 190 Å². The van der Waals surface area contributed by atoms with Gasteiger partial charge in [-0.1, -0.05) is 24.3 Å². The molecule has 4 aromatic rings. The van der Waals surface area contributed by atoms with Gasteiger partial charge < -0.3 is 20.1 Å². The largest absolute Gasteiger partial charge is 0.490 e. The number of fused-ring (bicyclic) bond motifs is 2. The molecule has 164 valence electrons. The highest BCUT2D eigenvalue weighted by Gasteiger charge is 2.12. The Morgan fingerprint density at radius 2 is 2.03 bits per heavy atom. The summed E-state index contributed by atoms with van der Waals surface area (Å²) in [5.74, 6) is 2.21. The number of aliphatic imine (C=N–C) groups is 1. The number of hydrogen-bond acceptors (Lipinski definition) is 5. The van der Waals surface area contributed by atoms with Crippen LogP contribution in [0.15, 0.2) is 65.2 Å². The van der Waals surface area contributed by atoms with Gasteiger partial charge in [-0.25, -0.2) is 9.98 Å². The molecule has 32 heavy (non-hydrogen) atoms. The lowest BCUT2D eigenvalue weighted by Crippen LogP contribution is -2.30. The molecule has 0 fully saturated rings. The fraction of sp³-hybridized carbons (Fsp3) is 0.250. The highest BCUT2D eigenvalue weighted by Crippen LogP contribution is 2.32. The summed E-state index contributed by atoms with van der Waals surface area (Å²) in [6, 6.07) is 14.2. The number of nitrogens with one attached hydrogen (secondary N) is 2. The second-order valence-corrected chi connectivity index (χ2v) is 8.48. The first-order valence-corrected chi connectivity index (χ1v) is 11.5. The first-order chi connectivity index (χ1) is 15.7. The van der Waals surface area contributed by atoms with Gasteiger partial charge in [0.2, 0.25) is 0 Å². The van der Waals surface area contributed by atoms with E-state index >= 15 is 0 Å². The van der Waals surface area contributed by atoms with E-state index in [1.807, 2.05) is 52.5 Å². The maximum atomic E-state index is 5.83. The van der Waals surface area contributed by atoms with Crippen LogP contribution in [-0.4, -0.2) is 28.6 Å². The summed E-state index contributed by atoms with van der Waals surface area (Å²) in [6.07, 6.45) is 4.93. The van der Waals surface area contributed by atoms with Crippen LogP contribution in [0.2, 0.25) is 0 Å². The summed E-state index contributed by atoms with van der Waals surface area (Å²) in [4.78, 5) is 10.5. The predicted octanol–water partition coefficient (Wildman–Crippen LogP) is 4.62. The Hall–Kier alpha value is -3.52. The third kappa shape index (κ3) is 4.70. The number of hydrogen-bond donors (Lipinski definition) is 2. The van der Waals surface area contributed by atoms with Crippen molar-refractivity contribution in [3.05, 3.63) is 77.1 Å². The molecule has 0 unspecified atom stereocenters. The lowest BCUT2D eigenvalue weighted by Gasteiger charge is -2.14. The summed E-state index contributed by atoms with van der Waals surface area (Å²) >= 11 is 1.62. The van der Waals surface area contributed by atoms with E-state index in [1.165, 1.54) is 11.1 Å². The first kappa shape index (κ1) is 20.4. The van der Waals surface area contributed by atoms with Gasteiger partial charge in [-0.3, -0.25) is 4.40 Å². The maximum absolute atomic E-state index is 5.83. The standard InChI is InChI=1S/C24H25N5O2S/c1-17-5-2-3-6-18(17)14-25-23(26-15-20-16-29-9-12-32-24(29)28-20)27-19-7-8-21-22(13-19)31-11-4-10-30-21/h2-3,5-9,12-13,16H,4,10-11,14-15H2,1H3,(H2,25,26,27). The second-order valence-electron chi connectivity index (χ2n) is 7.61. The minimum atomic E-state index is 0.568. The van der Waals surface area contributed by atoms with Crippen molar-refractivity contribution >= 4 is 27.9 Å². The topological polar surface area (TPSA) is 72.2 Å². The highest BCUT2D eigenvalue weighted by molar-refractivity contribution is 7.15. The van der Waals surface area contributed by atoms with Crippen molar-refractivity contribution in [2.24, 2.45) is 4.99 Å². The van der Waals surface area contributed by atoms with E-state index < -0.39 is 0 Å². The molecule has 0 saturated heterocycles. The first-order valence-electron chi connectivity index (χ1n) is 10.7. The zero-order valence-corrected chi connectivity index (χ0v) is 18.7. The number of anilines is 1. The summed E-state index contributed by atoms with van der Waals surface area (Å²) < 4.78 is 13.6. The summed E-state index contributed by atoms with van der Waals surface area (Å²) in [7, 11) is 0. The van der Waals surface area contributed by atoms with Crippen molar-refractivity contribution in [1.29, 1.82) is 0 Å². The number of ether oxygens (including phenoxy) is 2. The lowest BCUT2D eigenvalue weighted by molar-refractivity contribution is 0.297. The Balaban J connectivity index is 1.35. The number of guanidine groups is 1. The number of rotatable bonds is 5. The van der Waals surface area contributed by atoms with Crippen molar-refractivity contribution in [3.63, 3.8) is 0 Å². The number of nitrogens with zero attached hydrogens (tertiary/aromatic N) is 3. The Morgan fingerprint density at radius 1 is 1.16 bits per heavy atom. The molecule has 0 amide bonds. The summed E-state index contributed by atoms with van der Waals surface area (Å²) in [5.41, 5.74) is 4.26. The normalized spacial score (nSPS) is 13.7. The minimum absolute atomic E-state index is 0.568. The number of benzene rings is 2. The zero-order valence-electron chi connectivity index (χ0n) is 17.9. The van der Waals surface area contributed by atoms with Crippen LogP contribution in [0.25, 0.3) is 4.96 Å². The molecular formula is C24H25N5O2S. The van der Waals surface area contributed by atoms with E-state index in [-0.39, 0.29) is 0 Å². The molecule has 3 heterocycles. The van der Waals surface area contributed by atoms with Gasteiger partial charge in [-0.05, 0) is 30.2 Å². The molecule has 1 aliphatic heterocycles. The average molecular weight is 448 g/mol. The smallest absolute Gasteiger partial charge is 0.196 e. The molecule has 2 N–H and O–H groups in total. The molecule has 0 aliphatic carbocycles. The molecule has 2 aromatic carbocycles. The Kier molecular flexibility index (Phi) is 5.93. The van der Waals surface area contributed by atoms with Crippen LogP contribution in [0.3, 0.4) is 0 Å². The van der Waals surface area contributed by atoms with Gasteiger partial charge in [0.15, 0.2) is 22.4 Å². The molecule has 0 bridgehead atoms. The monoisotopic (exact) mass is 447 g/mol. The fourth-order valence-electron chi connectivity index (χ4n) is 3.50. The third-order valence-electron chi connectivity index (χ3n) is 5.26. The highest BCUT2D eigenvalue weighted by atomic mass is 32.1. The van der Waals surface area contributed by atoms with Crippen LogP contribution in [0.4, 0.5) is 5.69 Å². The number of thiazole rings is 1.